The minimum absolute atomic E-state index is 0.264. The van der Waals surface area contributed by atoms with Crippen molar-refractivity contribution >= 4 is 40.6 Å². The van der Waals surface area contributed by atoms with Crippen molar-refractivity contribution in [1.82, 2.24) is 10.2 Å². The Kier molecular flexibility index (Phi) is 7.36. The summed E-state index contributed by atoms with van der Waals surface area (Å²) in [6, 6.07) is 11.5. The van der Waals surface area contributed by atoms with Crippen LogP contribution in [0.2, 0.25) is 0 Å². The van der Waals surface area contributed by atoms with Gasteiger partial charge in [0.15, 0.2) is 11.5 Å². The largest absolute Gasteiger partial charge is 0.490 e. The first-order valence-electron chi connectivity index (χ1n) is 9.92. The van der Waals surface area contributed by atoms with Gasteiger partial charge in [0, 0.05) is 6.54 Å². The lowest BCUT2D eigenvalue weighted by molar-refractivity contribution is -0.122. The molecule has 1 saturated heterocycles. The van der Waals surface area contributed by atoms with E-state index in [1.165, 1.54) is 10.5 Å². The highest BCUT2D eigenvalue weighted by atomic mass is 127. The molecule has 0 spiro atoms. The Morgan fingerprint density at radius 2 is 1.83 bits per heavy atom. The van der Waals surface area contributed by atoms with Crippen LogP contribution in [0, 0.1) is 10.5 Å². The number of halogens is 1. The number of urea groups is 1. The van der Waals surface area contributed by atoms with E-state index in [0.29, 0.717) is 37.7 Å². The highest BCUT2D eigenvalue weighted by Crippen LogP contribution is 2.35. The van der Waals surface area contributed by atoms with E-state index in [9.17, 15) is 9.59 Å². The molecule has 158 valence electrons. The lowest BCUT2D eigenvalue weighted by Gasteiger charge is -2.15. The number of nitrogens with one attached hydrogen (secondary N) is 1. The summed E-state index contributed by atoms with van der Waals surface area (Å²) < 4.78 is 12.7. The third-order valence-corrected chi connectivity index (χ3v) is 5.36. The van der Waals surface area contributed by atoms with Crippen LogP contribution >= 0.6 is 22.6 Å². The van der Waals surface area contributed by atoms with Crippen molar-refractivity contribution in [3.63, 3.8) is 0 Å². The summed E-state index contributed by atoms with van der Waals surface area (Å²) in [5, 5.41) is 2.65. The van der Waals surface area contributed by atoms with Gasteiger partial charge in [-0.05, 0) is 72.2 Å². The SMILES string of the molecule is CCCN1C(=O)N/C(=C/c2cc(I)c(OCc3ccc(C)cc3)c(OCC)c2)C1=O. The molecule has 0 aromatic heterocycles. The molecule has 0 saturated carbocycles. The van der Waals surface area contributed by atoms with E-state index in [1.807, 2.05) is 45.0 Å². The number of hydrogen-bond acceptors (Lipinski definition) is 4. The molecule has 0 bridgehead atoms. The first-order valence-corrected chi connectivity index (χ1v) is 11.0. The quantitative estimate of drug-likeness (QED) is 0.306. The molecule has 6 nitrogen and oxygen atoms in total. The van der Waals surface area contributed by atoms with Crippen LogP contribution in [0.3, 0.4) is 0 Å². The average Bonchev–Trinajstić information content (AvgIpc) is 2.97. The van der Waals surface area contributed by atoms with Gasteiger partial charge in [0.05, 0.1) is 10.2 Å². The number of rotatable bonds is 8. The fourth-order valence-electron chi connectivity index (χ4n) is 3.08. The van der Waals surface area contributed by atoms with Gasteiger partial charge in [-0.1, -0.05) is 36.8 Å². The number of carbonyl (C=O) groups is 2. The summed E-state index contributed by atoms with van der Waals surface area (Å²) in [5.74, 6) is 0.953. The van der Waals surface area contributed by atoms with Crippen LogP contribution in [0.1, 0.15) is 37.0 Å². The van der Waals surface area contributed by atoms with Crippen LogP contribution in [0.4, 0.5) is 4.79 Å². The lowest BCUT2D eigenvalue weighted by atomic mass is 10.1. The number of nitrogens with zero attached hydrogens (tertiary/aromatic N) is 1. The maximum absolute atomic E-state index is 12.5. The highest BCUT2D eigenvalue weighted by Gasteiger charge is 2.32. The maximum Gasteiger partial charge on any atom is 0.329 e. The first-order chi connectivity index (χ1) is 14.4. The zero-order chi connectivity index (χ0) is 21.7. The van der Waals surface area contributed by atoms with Crippen molar-refractivity contribution < 1.29 is 19.1 Å². The standard InChI is InChI=1S/C23H25IN2O4/c1-4-10-26-22(27)19(25-23(26)28)12-17-11-18(24)21(20(13-17)29-5-2)30-14-16-8-6-15(3)7-9-16/h6-9,11-13H,4-5,10,14H2,1-3H3,(H,25,28)/b19-12+. The van der Waals surface area contributed by atoms with Gasteiger partial charge in [-0.25, -0.2) is 4.79 Å². The van der Waals surface area contributed by atoms with E-state index in [0.717, 1.165) is 14.7 Å². The van der Waals surface area contributed by atoms with E-state index in [4.69, 9.17) is 9.47 Å². The fourth-order valence-corrected chi connectivity index (χ4v) is 3.86. The van der Waals surface area contributed by atoms with Gasteiger partial charge in [0.1, 0.15) is 12.3 Å². The van der Waals surface area contributed by atoms with Crippen LogP contribution in [0.5, 0.6) is 11.5 Å². The minimum Gasteiger partial charge on any atom is -0.490 e. The average molecular weight is 520 g/mol. The molecule has 1 N–H and O–H groups in total. The van der Waals surface area contributed by atoms with Gasteiger partial charge in [-0.2, -0.15) is 0 Å². The molecule has 3 amide bonds. The second-order valence-electron chi connectivity index (χ2n) is 6.98. The Labute approximate surface area is 190 Å². The number of hydrogen-bond donors (Lipinski definition) is 1. The maximum atomic E-state index is 12.5. The Balaban J connectivity index is 1.85. The lowest BCUT2D eigenvalue weighted by Crippen LogP contribution is -2.31. The summed E-state index contributed by atoms with van der Waals surface area (Å²) in [4.78, 5) is 25.7. The summed E-state index contributed by atoms with van der Waals surface area (Å²) >= 11 is 2.20. The molecule has 7 heteroatoms. The molecule has 0 unspecified atom stereocenters. The number of benzene rings is 2. The Morgan fingerprint density at radius 3 is 2.50 bits per heavy atom. The number of carbonyl (C=O) groups excluding carboxylic acids is 2. The fraction of sp³-hybridized carbons (Fsp3) is 0.304. The Bertz CT molecular complexity index is 970. The Hall–Kier alpha value is -2.55. The van der Waals surface area contributed by atoms with Crippen LogP contribution in [0.25, 0.3) is 6.08 Å². The second-order valence-corrected chi connectivity index (χ2v) is 8.14. The molecule has 3 rings (SSSR count). The van der Waals surface area contributed by atoms with Crippen molar-refractivity contribution in [2.45, 2.75) is 33.8 Å². The molecule has 1 heterocycles. The van der Waals surface area contributed by atoms with Gasteiger partial charge < -0.3 is 14.8 Å². The van der Waals surface area contributed by atoms with E-state index in [-0.39, 0.29) is 17.6 Å². The Morgan fingerprint density at radius 1 is 1.10 bits per heavy atom. The zero-order valence-corrected chi connectivity index (χ0v) is 19.5. The number of amides is 3. The molecular formula is C23H25IN2O4. The van der Waals surface area contributed by atoms with Crippen molar-refractivity contribution in [1.29, 1.82) is 0 Å². The van der Waals surface area contributed by atoms with E-state index in [1.54, 1.807) is 6.08 Å². The highest BCUT2D eigenvalue weighted by molar-refractivity contribution is 14.1. The van der Waals surface area contributed by atoms with Crippen molar-refractivity contribution in [3.8, 4) is 11.5 Å². The van der Waals surface area contributed by atoms with Gasteiger partial charge in [-0.15, -0.1) is 0 Å². The molecule has 2 aromatic carbocycles. The van der Waals surface area contributed by atoms with Crippen LogP contribution in [0.15, 0.2) is 42.1 Å². The van der Waals surface area contributed by atoms with Crippen LogP contribution < -0.4 is 14.8 Å². The molecular weight excluding hydrogens is 495 g/mol. The minimum atomic E-state index is -0.383. The van der Waals surface area contributed by atoms with Crippen molar-refractivity contribution in [2.75, 3.05) is 13.2 Å². The number of aryl methyl sites for hydroxylation is 1. The topological polar surface area (TPSA) is 67.9 Å². The molecule has 0 radical (unpaired) electrons. The van der Waals surface area contributed by atoms with Gasteiger partial charge in [0.2, 0.25) is 0 Å². The third kappa shape index (κ3) is 5.13. The van der Waals surface area contributed by atoms with Gasteiger partial charge in [-0.3, -0.25) is 9.69 Å². The summed E-state index contributed by atoms with van der Waals surface area (Å²) in [5.41, 5.74) is 3.29. The molecule has 0 aliphatic carbocycles. The second kappa shape index (κ2) is 9.97. The smallest absolute Gasteiger partial charge is 0.329 e. The molecule has 1 fully saturated rings. The summed E-state index contributed by atoms with van der Waals surface area (Å²) in [6.45, 7) is 7.19. The zero-order valence-electron chi connectivity index (χ0n) is 17.3. The number of ether oxygens (including phenoxy) is 2. The van der Waals surface area contributed by atoms with Crippen molar-refractivity contribution in [3.05, 3.63) is 62.4 Å². The van der Waals surface area contributed by atoms with Gasteiger partial charge >= 0.3 is 6.03 Å². The number of imide groups is 1. The first kappa shape index (κ1) is 22.1. The summed E-state index contributed by atoms with van der Waals surface area (Å²) in [6.07, 6.45) is 2.39. The van der Waals surface area contributed by atoms with E-state index in [2.05, 4.69) is 40.0 Å². The molecule has 30 heavy (non-hydrogen) atoms. The molecule has 0 atom stereocenters. The predicted octanol–water partition coefficient (Wildman–Crippen LogP) is 4.88. The van der Waals surface area contributed by atoms with E-state index < -0.39 is 0 Å². The normalized spacial score (nSPS) is 14.9. The monoisotopic (exact) mass is 520 g/mol. The van der Waals surface area contributed by atoms with E-state index >= 15 is 0 Å². The van der Waals surface area contributed by atoms with Crippen molar-refractivity contribution in [2.24, 2.45) is 0 Å². The molecule has 1 aliphatic heterocycles. The summed E-state index contributed by atoms with van der Waals surface area (Å²) in [7, 11) is 0. The molecule has 2 aromatic rings. The molecule has 1 aliphatic rings. The van der Waals surface area contributed by atoms with Crippen LogP contribution in [-0.4, -0.2) is 30.0 Å². The van der Waals surface area contributed by atoms with Gasteiger partial charge in [0.25, 0.3) is 5.91 Å². The van der Waals surface area contributed by atoms with Crippen LogP contribution in [-0.2, 0) is 11.4 Å². The third-order valence-electron chi connectivity index (χ3n) is 4.56. The predicted molar refractivity (Wildman–Crippen MR) is 124 cm³/mol.